The van der Waals surface area contributed by atoms with Crippen molar-refractivity contribution < 1.29 is 0 Å². The predicted molar refractivity (Wildman–Crippen MR) is 76.4 cm³/mol. The Balaban J connectivity index is 2.32. The minimum atomic E-state index is -0.246. The molecule has 1 rings (SSSR count). The lowest BCUT2D eigenvalue weighted by molar-refractivity contribution is 0.254. The third kappa shape index (κ3) is 3.96. The summed E-state index contributed by atoms with van der Waals surface area (Å²) in [4.78, 5) is 2.42. The Kier molecular flexibility index (Phi) is 6.67. The fraction of sp³-hybridized carbons (Fsp3) is 0.933. The van der Waals surface area contributed by atoms with E-state index in [2.05, 4.69) is 30.3 Å². The van der Waals surface area contributed by atoms with Crippen molar-refractivity contribution in [3.63, 3.8) is 0 Å². The number of nitriles is 1. The second-order valence-electron chi connectivity index (χ2n) is 5.72. The van der Waals surface area contributed by atoms with Gasteiger partial charge in [-0.15, -0.1) is 0 Å². The first-order chi connectivity index (χ1) is 8.68. The van der Waals surface area contributed by atoms with E-state index in [1.807, 2.05) is 7.05 Å². The second-order valence-corrected chi connectivity index (χ2v) is 5.72. The molecule has 0 bridgehead atoms. The minimum absolute atomic E-state index is 0.246. The quantitative estimate of drug-likeness (QED) is 0.674. The highest BCUT2D eigenvalue weighted by Gasteiger charge is 2.41. The molecule has 1 fully saturated rings. The topological polar surface area (TPSA) is 39.1 Å². The predicted octanol–water partition coefficient (Wildman–Crippen LogP) is 2.78. The van der Waals surface area contributed by atoms with E-state index in [0.29, 0.717) is 5.92 Å². The van der Waals surface area contributed by atoms with Crippen LogP contribution in [-0.2, 0) is 0 Å². The zero-order chi connectivity index (χ0) is 13.4. The molecule has 0 aromatic rings. The van der Waals surface area contributed by atoms with Crippen LogP contribution in [0.15, 0.2) is 0 Å². The van der Waals surface area contributed by atoms with E-state index in [1.54, 1.807) is 0 Å². The van der Waals surface area contributed by atoms with Crippen LogP contribution < -0.4 is 5.32 Å². The Morgan fingerprint density at radius 1 is 1.39 bits per heavy atom. The highest BCUT2D eigenvalue weighted by molar-refractivity contribution is 5.13. The first-order valence-electron chi connectivity index (χ1n) is 7.47. The number of hydrogen-bond acceptors (Lipinski definition) is 3. The normalized spacial score (nSPS) is 27.6. The van der Waals surface area contributed by atoms with Crippen LogP contribution >= 0.6 is 0 Å². The van der Waals surface area contributed by atoms with Crippen molar-refractivity contribution in [3.05, 3.63) is 0 Å². The van der Waals surface area contributed by atoms with Crippen molar-refractivity contribution >= 4 is 0 Å². The summed E-state index contributed by atoms with van der Waals surface area (Å²) in [6.07, 6.45) is 8.48. The minimum Gasteiger partial charge on any atom is -0.306 e. The molecule has 1 saturated carbocycles. The van der Waals surface area contributed by atoms with Gasteiger partial charge >= 0.3 is 0 Å². The summed E-state index contributed by atoms with van der Waals surface area (Å²) in [5.74, 6) is 0.529. The van der Waals surface area contributed by atoms with Gasteiger partial charge in [0, 0.05) is 0 Å². The number of hydrogen-bond donors (Lipinski definition) is 1. The van der Waals surface area contributed by atoms with Gasteiger partial charge in [0.15, 0.2) is 0 Å². The molecule has 0 amide bonds. The van der Waals surface area contributed by atoms with Crippen LogP contribution in [0, 0.1) is 17.2 Å². The highest BCUT2D eigenvalue weighted by atomic mass is 15.1. The monoisotopic (exact) mass is 251 g/mol. The highest BCUT2D eigenvalue weighted by Crippen LogP contribution is 2.37. The summed E-state index contributed by atoms with van der Waals surface area (Å²) in [5, 5.41) is 12.7. The summed E-state index contributed by atoms with van der Waals surface area (Å²) in [7, 11) is 4.14. The Bertz CT molecular complexity index is 271. The van der Waals surface area contributed by atoms with E-state index in [1.165, 1.54) is 38.6 Å². The van der Waals surface area contributed by atoms with Crippen molar-refractivity contribution in [1.82, 2.24) is 10.2 Å². The van der Waals surface area contributed by atoms with Crippen LogP contribution in [0.25, 0.3) is 0 Å². The lowest BCUT2D eigenvalue weighted by atomic mass is 9.86. The molecule has 1 aliphatic rings. The fourth-order valence-corrected chi connectivity index (χ4v) is 3.12. The average molecular weight is 251 g/mol. The molecule has 1 N–H and O–H groups in total. The molecule has 3 heteroatoms. The molecule has 0 heterocycles. The van der Waals surface area contributed by atoms with Gasteiger partial charge in [-0.3, -0.25) is 0 Å². The first kappa shape index (κ1) is 15.5. The molecule has 0 aromatic heterocycles. The molecule has 104 valence electrons. The molecular weight excluding hydrogens is 222 g/mol. The Hall–Kier alpha value is -0.590. The lowest BCUT2D eigenvalue weighted by Crippen LogP contribution is -2.45. The van der Waals surface area contributed by atoms with E-state index in [9.17, 15) is 5.26 Å². The zero-order valence-corrected chi connectivity index (χ0v) is 12.3. The third-order valence-corrected chi connectivity index (χ3v) is 4.47. The van der Waals surface area contributed by atoms with Gasteiger partial charge in [0.1, 0.15) is 5.54 Å². The molecule has 18 heavy (non-hydrogen) atoms. The molecule has 0 saturated heterocycles. The van der Waals surface area contributed by atoms with Crippen molar-refractivity contribution in [2.45, 2.75) is 57.4 Å². The van der Waals surface area contributed by atoms with Gasteiger partial charge in [0.05, 0.1) is 6.07 Å². The molecule has 2 atom stereocenters. The summed E-state index contributed by atoms with van der Waals surface area (Å²) >= 11 is 0. The maximum absolute atomic E-state index is 9.40. The lowest BCUT2D eigenvalue weighted by Gasteiger charge is -2.29. The largest absolute Gasteiger partial charge is 0.306 e. The van der Waals surface area contributed by atoms with E-state index in [0.717, 1.165) is 19.4 Å². The Labute approximate surface area is 113 Å². The van der Waals surface area contributed by atoms with E-state index in [4.69, 9.17) is 0 Å². The van der Waals surface area contributed by atoms with E-state index < -0.39 is 0 Å². The fourth-order valence-electron chi connectivity index (χ4n) is 3.12. The molecule has 1 aliphatic carbocycles. The standard InChI is InChI=1S/C15H29N3/c1-4-5-6-11-18(3)12-9-14-8-7-10-15(14,13-16)17-2/h14,17H,4-12H2,1-3H3. The van der Waals surface area contributed by atoms with Gasteiger partial charge in [-0.2, -0.15) is 5.26 Å². The maximum Gasteiger partial charge on any atom is 0.109 e. The summed E-state index contributed by atoms with van der Waals surface area (Å²) in [6.45, 7) is 4.56. The molecule has 0 aliphatic heterocycles. The number of unbranched alkanes of at least 4 members (excludes halogenated alkanes) is 2. The number of nitrogens with one attached hydrogen (secondary N) is 1. The molecular formula is C15H29N3. The van der Waals surface area contributed by atoms with Crippen molar-refractivity contribution in [2.75, 3.05) is 27.2 Å². The Morgan fingerprint density at radius 2 is 2.17 bits per heavy atom. The van der Waals surface area contributed by atoms with Crippen LogP contribution in [0.1, 0.15) is 51.9 Å². The van der Waals surface area contributed by atoms with Crippen LogP contribution in [0.2, 0.25) is 0 Å². The molecule has 0 spiro atoms. The maximum atomic E-state index is 9.40. The Morgan fingerprint density at radius 3 is 2.78 bits per heavy atom. The molecule has 0 radical (unpaired) electrons. The average Bonchev–Trinajstić information content (AvgIpc) is 2.80. The van der Waals surface area contributed by atoms with E-state index in [-0.39, 0.29) is 5.54 Å². The summed E-state index contributed by atoms with van der Waals surface area (Å²) < 4.78 is 0. The van der Waals surface area contributed by atoms with Gasteiger partial charge in [-0.25, -0.2) is 0 Å². The van der Waals surface area contributed by atoms with Gasteiger partial charge < -0.3 is 10.2 Å². The summed E-state index contributed by atoms with van der Waals surface area (Å²) in [5.41, 5.74) is -0.246. The van der Waals surface area contributed by atoms with Crippen molar-refractivity contribution in [2.24, 2.45) is 5.92 Å². The van der Waals surface area contributed by atoms with Gasteiger partial charge in [0.2, 0.25) is 0 Å². The molecule has 2 unspecified atom stereocenters. The van der Waals surface area contributed by atoms with Gasteiger partial charge in [-0.1, -0.05) is 26.2 Å². The second kappa shape index (κ2) is 7.76. The number of rotatable bonds is 8. The van der Waals surface area contributed by atoms with E-state index >= 15 is 0 Å². The SMILES string of the molecule is CCCCCN(C)CCC1CCCC1(C#N)NC. The first-order valence-corrected chi connectivity index (χ1v) is 7.47. The molecule has 0 aromatic carbocycles. The van der Waals surface area contributed by atoms with Crippen LogP contribution in [0.4, 0.5) is 0 Å². The number of nitrogens with zero attached hydrogens (tertiary/aromatic N) is 2. The van der Waals surface area contributed by atoms with Crippen LogP contribution in [0.3, 0.4) is 0 Å². The molecule has 3 nitrogen and oxygen atoms in total. The van der Waals surface area contributed by atoms with Gasteiger partial charge in [-0.05, 0) is 58.8 Å². The smallest absolute Gasteiger partial charge is 0.109 e. The summed E-state index contributed by atoms with van der Waals surface area (Å²) in [6, 6.07) is 2.52. The van der Waals surface area contributed by atoms with Gasteiger partial charge in [0.25, 0.3) is 0 Å². The third-order valence-electron chi connectivity index (χ3n) is 4.47. The van der Waals surface area contributed by atoms with Crippen LogP contribution in [-0.4, -0.2) is 37.6 Å². The van der Waals surface area contributed by atoms with Crippen molar-refractivity contribution in [1.29, 1.82) is 5.26 Å². The van der Waals surface area contributed by atoms with Crippen LogP contribution in [0.5, 0.6) is 0 Å². The zero-order valence-electron chi connectivity index (χ0n) is 12.3. The van der Waals surface area contributed by atoms with Crippen molar-refractivity contribution in [3.8, 4) is 6.07 Å².